The monoisotopic (exact) mass is 443 g/mol. The maximum atomic E-state index is 12.9. The van der Waals surface area contributed by atoms with Crippen LogP contribution >= 0.6 is 11.3 Å². The number of para-hydroxylation sites is 2. The molecule has 0 aliphatic carbocycles. The number of hydrogen-bond acceptors (Lipinski definition) is 6. The molecule has 3 amide bonds. The molecular formula is C22H25N3O5S. The van der Waals surface area contributed by atoms with Gasteiger partial charge in [-0.15, -0.1) is 11.3 Å². The van der Waals surface area contributed by atoms with Gasteiger partial charge >= 0.3 is 5.97 Å². The van der Waals surface area contributed by atoms with Crippen molar-refractivity contribution in [2.24, 2.45) is 5.41 Å². The van der Waals surface area contributed by atoms with Gasteiger partial charge < -0.3 is 15.4 Å². The first-order valence-electron chi connectivity index (χ1n) is 9.80. The third-order valence-corrected chi connectivity index (χ3v) is 5.82. The second-order valence-corrected chi connectivity index (χ2v) is 9.42. The molecule has 2 aromatic rings. The second kappa shape index (κ2) is 8.50. The zero-order valence-electron chi connectivity index (χ0n) is 18.1. The van der Waals surface area contributed by atoms with Gasteiger partial charge in [0.2, 0.25) is 11.8 Å². The molecule has 0 fully saturated rings. The van der Waals surface area contributed by atoms with E-state index in [4.69, 9.17) is 4.74 Å². The highest BCUT2D eigenvalue weighted by atomic mass is 32.1. The van der Waals surface area contributed by atoms with Gasteiger partial charge in [0.15, 0.2) is 6.10 Å². The van der Waals surface area contributed by atoms with E-state index in [0.717, 1.165) is 11.3 Å². The molecule has 31 heavy (non-hydrogen) atoms. The van der Waals surface area contributed by atoms with Crippen LogP contribution in [0.4, 0.5) is 16.4 Å². The molecule has 2 N–H and O–H groups in total. The molecular weight excluding hydrogens is 418 g/mol. The molecule has 1 atom stereocenters. The van der Waals surface area contributed by atoms with Gasteiger partial charge in [-0.05, 0) is 37.6 Å². The number of benzene rings is 1. The number of esters is 1. The van der Waals surface area contributed by atoms with Crippen molar-refractivity contribution in [1.29, 1.82) is 0 Å². The number of anilines is 3. The fourth-order valence-electron chi connectivity index (χ4n) is 2.96. The van der Waals surface area contributed by atoms with Crippen molar-refractivity contribution in [2.45, 2.75) is 40.7 Å². The van der Waals surface area contributed by atoms with Crippen LogP contribution in [0, 0.1) is 12.3 Å². The predicted molar refractivity (Wildman–Crippen MR) is 119 cm³/mol. The number of amides is 3. The maximum Gasteiger partial charge on any atom is 0.349 e. The van der Waals surface area contributed by atoms with E-state index in [0.29, 0.717) is 26.8 Å². The first-order chi connectivity index (χ1) is 14.5. The normalized spacial score (nSPS) is 14.4. The number of nitrogens with zero attached hydrogens (tertiary/aromatic N) is 1. The number of thiophene rings is 1. The lowest BCUT2D eigenvalue weighted by molar-refractivity contribution is -0.128. The van der Waals surface area contributed by atoms with E-state index in [9.17, 15) is 19.2 Å². The number of carbonyl (C=O) groups is 4. The summed E-state index contributed by atoms with van der Waals surface area (Å²) in [6.07, 6.45) is -1.10. The van der Waals surface area contributed by atoms with Gasteiger partial charge in [-0.25, -0.2) is 4.79 Å². The van der Waals surface area contributed by atoms with Crippen LogP contribution in [-0.2, 0) is 19.1 Å². The fraction of sp³-hybridized carbons (Fsp3) is 0.364. The van der Waals surface area contributed by atoms with Crippen LogP contribution in [0.3, 0.4) is 0 Å². The molecule has 3 rings (SSSR count). The number of hydrogen-bond donors (Lipinski definition) is 2. The molecule has 0 radical (unpaired) electrons. The van der Waals surface area contributed by atoms with E-state index < -0.39 is 23.4 Å². The van der Waals surface area contributed by atoms with Crippen molar-refractivity contribution in [1.82, 2.24) is 0 Å². The highest BCUT2D eigenvalue weighted by molar-refractivity contribution is 7.18. The minimum atomic E-state index is -1.10. The lowest BCUT2D eigenvalue weighted by Gasteiger charge is -2.30. The highest BCUT2D eigenvalue weighted by Gasteiger charge is 2.32. The summed E-state index contributed by atoms with van der Waals surface area (Å²) in [6.45, 7) is 8.44. The molecule has 0 saturated carbocycles. The molecule has 0 bridgehead atoms. The Labute approximate surface area is 184 Å². The standard InChI is InChI=1S/C22H25N3O5S/c1-12-10-17(24-21(29)22(3,4)5)31-18(12)20(28)30-13(2)19(27)25-11-16(26)23-14-8-6-7-9-15(14)25/h6-10,13H,11H2,1-5H3,(H,23,26)(H,24,29)/t13-/m1/s1. The number of rotatable bonds is 4. The average Bonchev–Trinajstić information content (AvgIpc) is 3.06. The summed E-state index contributed by atoms with van der Waals surface area (Å²) in [7, 11) is 0. The number of aryl methyl sites for hydroxylation is 1. The van der Waals surface area contributed by atoms with Crippen LogP contribution in [0.5, 0.6) is 0 Å². The van der Waals surface area contributed by atoms with Crippen LogP contribution in [0.1, 0.15) is 42.9 Å². The van der Waals surface area contributed by atoms with Crippen LogP contribution in [-0.4, -0.2) is 36.3 Å². The number of fused-ring (bicyclic) bond motifs is 1. The van der Waals surface area contributed by atoms with Crippen molar-refractivity contribution < 1.29 is 23.9 Å². The zero-order valence-corrected chi connectivity index (χ0v) is 18.9. The Bertz CT molecular complexity index is 1050. The van der Waals surface area contributed by atoms with Crippen LogP contribution in [0.15, 0.2) is 30.3 Å². The van der Waals surface area contributed by atoms with Crippen LogP contribution in [0.2, 0.25) is 0 Å². The molecule has 0 unspecified atom stereocenters. The zero-order chi connectivity index (χ0) is 22.9. The smallest absolute Gasteiger partial charge is 0.349 e. The van der Waals surface area contributed by atoms with Gasteiger partial charge in [0.1, 0.15) is 11.4 Å². The molecule has 2 heterocycles. The molecule has 1 aliphatic heterocycles. The molecule has 1 aromatic carbocycles. The summed E-state index contributed by atoms with van der Waals surface area (Å²) in [6, 6.07) is 8.63. The third-order valence-electron chi connectivity index (χ3n) is 4.69. The van der Waals surface area contributed by atoms with Crippen molar-refractivity contribution in [2.75, 3.05) is 22.1 Å². The Morgan fingerprint density at radius 3 is 2.58 bits per heavy atom. The van der Waals surface area contributed by atoms with Crippen molar-refractivity contribution >= 4 is 51.4 Å². The fourth-order valence-corrected chi connectivity index (χ4v) is 3.91. The summed E-state index contributed by atoms with van der Waals surface area (Å²) in [5.74, 6) is -1.64. The van der Waals surface area contributed by atoms with E-state index in [-0.39, 0.29) is 18.4 Å². The Morgan fingerprint density at radius 1 is 1.23 bits per heavy atom. The van der Waals surface area contributed by atoms with Gasteiger partial charge in [-0.2, -0.15) is 0 Å². The molecule has 1 aliphatic rings. The highest BCUT2D eigenvalue weighted by Crippen LogP contribution is 2.31. The Hall–Kier alpha value is -3.20. The molecule has 9 heteroatoms. The number of carbonyl (C=O) groups excluding carboxylic acids is 4. The Morgan fingerprint density at radius 2 is 1.90 bits per heavy atom. The number of nitrogens with one attached hydrogen (secondary N) is 2. The Balaban J connectivity index is 1.72. The first kappa shape index (κ1) is 22.5. The molecule has 0 saturated heterocycles. The van der Waals surface area contributed by atoms with E-state index in [1.54, 1.807) is 58.0 Å². The Kier molecular flexibility index (Phi) is 6.17. The van der Waals surface area contributed by atoms with E-state index in [1.807, 2.05) is 0 Å². The van der Waals surface area contributed by atoms with Crippen molar-refractivity contribution in [3.8, 4) is 0 Å². The topological polar surface area (TPSA) is 105 Å². The van der Waals surface area contributed by atoms with E-state index >= 15 is 0 Å². The van der Waals surface area contributed by atoms with Gasteiger partial charge in [-0.1, -0.05) is 32.9 Å². The molecule has 1 aromatic heterocycles. The first-order valence-corrected chi connectivity index (χ1v) is 10.6. The van der Waals surface area contributed by atoms with Crippen molar-refractivity contribution in [3.63, 3.8) is 0 Å². The average molecular weight is 444 g/mol. The van der Waals surface area contributed by atoms with Crippen LogP contribution < -0.4 is 15.5 Å². The van der Waals surface area contributed by atoms with E-state index in [2.05, 4.69) is 10.6 Å². The SMILES string of the molecule is Cc1cc(NC(=O)C(C)(C)C)sc1C(=O)O[C@H](C)C(=O)N1CC(=O)Nc2ccccc21. The summed E-state index contributed by atoms with van der Waals surface area (Å²) in [5, 5.41) is 6.04. The quantitative estimate of drug-likeness (QED) is 0.703. The third kappa shape index (κ3) is 4.93. The molecule has 164 valence electrons. The predicted octanol–water partition coefficient (Wildman–Crippen LogP) is 3.57. The van der Waals surface area contributed by atoms with Gasteiger partial charge in [0.25, 0.3) is 5.91 Å². The summed E-state index contributed by atoms with van der Waals surface area (Å²) in [5.41, 5.74) is 1.14. The van der Waals surface area contributed by atoms with Crippen LogP contribution in [0.25, 0.3) is 0 Å². The minimum absolute atomic E-state index is 0.154. The van der Waals surface area contributed by atoms with Gasteiger partial charge in [0, 0.05) is 5.41 Å². The minimum Gasteiger partial charge on any atom is -0.448 e. The van der Waals surface area contributed by atoms with Gasteiger partial charge in [-0.3, -0.25) is 19.3 Å². The summed E-state index contributed by atoms with van der Waals surface area (Å²) < 4.78 is 5.40. The van der Waals surface area contributed by atoms with Gasteiger partial charge in [0.05, 0.1) is 16.4 Å². The lowest BCUT2D eigenvalue weighted by Crippen LogP contribution is -2.47. The number of ether oxygens (including phenoxy) is 1. The van der Waals surface area contributed by atoms with E-state index in [1.165, 1.54) is 11.8 Å². The molecule has 0 spiro atoms. The molecule has 8 nitrogen and oxygen atoms in total. The summed E-state index contributed by atoms with van der Waals surface area (Å²) >= 11 is 1.09. The largest absolute Gasteiger partial charge is 0.448 e. The lowest BCUT2D eigenvalue weighted by atomic mass is 9.96. The van der Waals surface area contributed by atoms with Crippen molar-refractivity contribution in [3.05, 3.63) is 40.8 Å². The summed E-state index contributed by atoms with van der Waals surface area (Å²) in [4.78, 5) is 51.4. The second-order valence-electron chi connectivity index (χ2n) is 8.36. The maximum absolute atomic E-state index is 12.9.